The van der Waals surface area contributed by atoms with Crippen molar-refractivity contribution in [3.05, 3.63) is 34.8 Å². The molecule has 0 N–H and O–H groups in total. The van der Waals surface area contributed by atoms with Gasteiger partial charge in [0.25, 0.3) is 0 Å². The third-order valence-electron chi connectivity index (χ3n) is 6.26. The molecule has 1 saturated carbocycles. The molecule has 0 amide bonds. The van der Waals surface area contributed by atoms with Gasteiger partial charge in [0.05, 0.1) is 12.6 Å². The molecule has 148 valence electrons. The fourth-order valence-corrected chi connectivity index (χ4v) is 4.51. The van der Waals surface area contributed by atoms with Gasteiger partial charge in [-0.25, -0.2) is 4.39 Å². The Labute approximate surface area is 163 Å². The van der Waals surface area contributed by atoms with Crippen molar-refractivity contribution >= 4 is 16.6 Å². The lowest BCUT2D eigenvalue weighted by Crippen LogP contribution is -2.37. The van der Waals surface area contributed by atoms with E-state index in [9.17, 15) is 4.39 Å². The Morgan fingerprint density at radius 3 is 2.75 bits per heavy atom. The van der Waals surface area contributed by atoms with Crippen molar-refractivity contribution in [3.63, 3.8) is 0 Å². The fourth-order valence-electron chi connectivity index (χ4n) is 4.51. The number of hydrogen-bond acceptors (Lipinski definition) is 5. The zero-order valence-electron chi connectivity index (χ0n) is 16.0. The van der Waals surface area contributed by atoms with E-state index >= 15 is 0 Å². The summed E-state index contributed by atoms with van der Waals surface area (Å²) < 4.78 is 23.2. The van der Waals surface area contributed by atoms with Crippen LogP contribution in [0.4, 0.5) is 10.1 Å². The number of ether oxygens (including phenoxy) is 2. The molecule has 2 aromatic rings. The first kappa shape index (κ1) is 18.6. The van der Waals surface area contributed by atoms with Crippen LogP contribution in [0.5, 0.6) is 11.5 Å². The van der Waals surface area contributed by atoms with Gasteiger partial charge in [-0.1, -0.05) is 5.11 Å². The van der Waals surface area contributed by atoms with Crippen molar-refractivity contribution in [2.45, 2.75) is 25.7 Å². The number of nitrogens with zero attached hydrogens (tertiary/aromatic N) is 5. The molecule has 7 nitrogen and oxygen atoms in total. The van der Waals surface area contributed by atoms with E-state index in [1.165, 1.54) is 20.0 Å². The molecule has 4 rings (SSSR count). The van der Waals surface area contributed by atoms with E-state index < -0.39 is 6.86 Å². The molecular weight excluding hydrogens is 361 g/mol. The first-order valence-electron chi connectivity index (χ1n) is 9.62. The molecule has 1 aromatic carbocycles. The summed E-state index contributed by atoms with van der Waals surface area (Å²) in [5.41, 5.74) is 10.8. The van der Waals surface area contributed by atoms with Gasteiger partial charge in [0.2, 0.25) is 6.86 Å². The van der Waals surface area contributed by atoms with Crippen LogP contribution in [0.15, 0.2) is 29.5 Å². The minimum absolute atomic E-state index is 0.230. The molecule has 2 fully saturated rings. The molecule has 1 aromatic heterocycles. The maximum absolute atomic E-state index is 12.8. The number of rotatable bonds is 7. The highest BCUT2D eigenvalue weighted by atomic mass is 19.1. The predicted octanol–water partition coefficient (Wildman–Crippen LogP) is 4.86. The third-order valence-corrected chi connectivity index (χ3v) is 6.26. The van der Waals surface area contributed by atoms with Crippen molar-refractivity contribution in [1.29, 1.82) is 0 Å². The lowest BCUT2D eigenvalue weighted by Gasteiger charge is -2.37. The second-order valence-electron chi connectivity index (χ2n) is 7.62. The van der Waals surface area contributed by atoms with Crippen LogP contribution < -0.4 is 14.4 Å². The Balaban J connectivity index is 1.56. The number of anilines is 1. The summed E-state index contributed by atoms with van der Waals surface area (Å²) in [5.74, 6) is 1.46. The van der Waals surface area contributed by atoms with Crippen molar-refractivity contribution < 1.29 is 13.9 Å². The SMILES string of the molecule is COc1cc2nccc(N3CCC(C4(CN=[N+]=[N-])CC4)CC3)c2cc1OCF. The monoisotopic (exact) mass is 385 g/mol. The Hall–Kier alpha value is -2.73. The molecule has 2 heterocycles. The number of piperidine rings is 1. The van der Waals surface area contributed by atoms with Gasteiger partial charge >= 0.3 is 0 Å². The zero-order valence-corrected chi connectivity index (χ0v) is 16.0. The number of alkyl halides is 1. The van der Waals surface area contributed by atoms with Gasteiger partial charge < -0.3 is 14.4 Å². The highest BCUT2D eigenvalue weighted by Crippen LogP contribution is 2.55. The molecule has 0 radical (unpaired) electrons. The highest BCUT2D eigenvalue weighted by Gasteiger charge is 2.48. The van der Waals surface area contributed by atoms with Crippen LogP contribution in [0.3, 0.4) is 0 Å². The van der Waals surface area contributed by atoms with Crippen LogP contribution in [0.25, 0.3) is 21.3 Å². The number of benzene rings is 1. The largest absolute Gasteiger partial charge is 0.493 e. The van der Waals surface area contributed by atoms with E-state index in [1.807, 2.05) is 12.1 Å². The number of methoxy groups -OCH3 is 1. The molecule has 1 aliphatic carbocycles. The number of azide groups is 1. The van der Waals surface area contributed by atoms with Crippen molar-refractivity contribution in [2.75, 3.05) is 38.5 Å². The third kappa shape index (κ3) is 3.40. The molecule has 0 spiro atoms. The molecule has 28 heavy (non-hydrogen) atoms. The second kappa shape index (κ2) is 7.72. The summed E-state index contributed by atoms with van der Waals surface area (Å²) in [4.78, 5) is 9.75. The lowest BCUT2D eigenvalue weighted by atomic mass is 9.81. The smallest absolute Gasteiger partial charge is 0.228 e. The summed E-state index contributed by atoms with van der Waals surface area (Å²) >= 11 is 0. The van der Waals surface area contributed by atoms with Gasteiger partial charge in [-0.05, 0) is 54.7 Å². The Kier molecular flexibility index (Phi) is 5.13. The normalized spacial score (nSPS) is 18.6. The minimum Gasteiger partial charge on any atom is -0.493 e. The van der Waals surface area contributed by atoms with Gasteiger partial charge in [0, 0.05) is 47.9 Å². The van der Waals surface area contributed by atoms with E-state index in [1.54, 1.807) is 12.3 Å². The summed E-state index contributed by atoms with van der Waals surface area (Å²) in [6, 6.07) is 5.60. The molecular formula is C20H24FN5O2. The highest BCUT2D eigenvalue weighted by molar-refractivity contribution is 5.94. The molecule has 1 saturated heterocycles. The molecule has 0 unspecified atom stereocenters. The molecule has 1 aliphatic heterocycles. The molecule has 8 heteroatoms. The van der Waals surface area contributed by atoms with E-state index in [0.29, 0.717) is 24.0 Å². The van der Waals surface area contributed by atoms with Crippen LogP contribution in [0.2, 0.25) is 0 Å². The van der Waals surface area contributed by atoms with Crippen LogP contribution in [-0.2, 0) is 0 Å². The topological polar surface area (TPSA) is 83.4 Å². The van der Waals surface area contributed by atoms with Crippen LogP contribution in [0.1, 0.15) is 25.7 Å². The fraction of sp³-hybridized carbons (Fsp3) is 0.550. The minimum atomic E-state index is -0.907. The van der Waals surface area contributed by atoms with E-state index in [0.717, 1.165) is 42.5 Å². The van der Waals surface area contributed by atoms with Crippen molar-refractivity contribution in [1.82, 2.24) is 4.98 Å². The van der Waals surface area contributed by atoms with E-state index in [2.05, 4.69) is 19.9 Å². The summed E-state index contributed by atoms with van der Waals surface area (Å²) in [6.07, 6.45) is 6.28. The molecule has 2 aliphatic rings. The summed E-state index contributed by atoms with van der Waals surface area (Å²) in [6.45, 7) is 1.59. The predicted molar refractivity (Wildman–Crippen MR) is 106 cm³/mol. The van der Waals surface area contributed by atoms with Crippen LogP contribution in [0, 0.1) is 11.3 Å². The number of hydrogen-bond donors (Lipinski definition) is 0. The lowest BCUT2D eigenvalue weighted by molar-refractivity contribution is 0.185. The van der Waals surface area contributed by atoms with Gasteiger partial charge in [0.15, 0.2) is 11.5 Å². The average Bonchev–Trinajstić information content (AvgIpc) is 3.53. The van der Waals surface area contributed by atoms with Crippen molar-refractivity contribution in [2.24, 2.45) is 16.4 Å². The van der Waals surface area contributed by atoms with Gasteiger partial charge in [-0.3, -0.25) is 4.98 Å². The van der Waals surface area contributed by atoms with Gasteiger partial charge in [-0.2, -0.15) is 0 Å². The van der Waals surface area contributed by atoms with E-state index in [-0.39, 0.29) is 5.41 Å². The number of fused-ring (bicyclic) bond motifs is 1. The zero-order chi connectivity index (χ0) is 19.6. The molecule has 0 atom stereocenters. The Morgan fingerprint density at radius 1 is 1.32 bits per heavy atom. The van der Waals surface area contributed by atoms with Gasteiger partial charge in [-0.15, -0.1) is 0 Å². The Bertz CT molecular complexity index is 903. The average molecular weight is 385 g/mol. The second-order valence-corrected chi connectivity index (χ2v) is 7.62. The first-order valence-corrected chi connectivity index (χ1v) is 9.62. The van der Waals surface area contributed by atoms with Crippen LogP contribution in [-0.4, -0.2) is 38.6 Å². The number of halogens is 1. The van der Waals surface area contributed by atoms with Crippen LogP contribution >= 0.6 is 0 Å². The standard InChI is InChI=1S/C20H24FN5O2/c1-27-18-11-16-15(10-19(18)28-13-21)17(2-7-23-16)26-8-3-14(4-9-26)20(5-6-20)12-24-25-22/h2,7,10-11,14H,3-6,8-9,12-13H2,1H3. The number of pyridine rings is 1. The first-order chi connectivity index (χ1) is 13.7. The van der Waals surface area contributed by atoms with Gasteiger partial charge in [0.1, 0.15) is 0 Å². The maximum atomic E-state index is 12.8. The van der Waals surface area contributed by atoms with Crippen molar-refractivity contribution in [3.8, 4) is 11.5 Å². The maximum Gasteiger partial charge on any atom is 0.228 e. The summed E-state index contributed by atoms with van der Waals surface area (Å²) in [7, 11) is 1.53. The summed E-state index contributed by atoms with van der Waals surface area (Å²) in [5, 5.41) is 4.78. The quantitative estimate of drug-likeness (QED) is 0.387. The Morgan fingerprint density at radius 2 is 2.11 bits per heavy atom. The molecule has 0 bridgehead atoms. The number of aromatic nitrogens is 1. The van der Waals surface area contributed by atoms with E-state index in [4.69, 9.17) is 15.0 Å².